The number of guanidine groups is 1. The van der Waals surface area contributed by atoms with E-state index in [1.807, 2.05) is 6.07 Å². The van der Waals surface area contributed by atoms with Crippen LogP contribution in [-0.2, 0) is 16.0 Å². The Morgan fingerprint density at radius 3 is 2.93 bits per heavy atom. The Labute approximate surface area is 174 Å². The lowest BCUT2D eigenvalue weighted by molar-refractivity contribution is 0.0536. The first kappa shape index (κ1) is 21.8. The van der Waals surface area contributed by atoms with Gasteiger partial charge >= 0.3 is 0 Å². The summed E-state index contributed by atoms with van der Waals surface area (Å²) in [5, 5.41) is 3.44. The molecule has 0 radical (unpaired) electrons. The van der Waals surface area contributed by atoms with Gasteiger partial charge in [-0.25, -0.2) is 9.98 Å². The molecule has 7 nitrogen and oxygen atoms in total. The molecule has 2 fully saturated rings. The molecule has 1 saturated heterocycles. The number of rotatable bonds is 10. The van der Waals surface area contributed by atoms with Crippen LogP contribution >= 0.6 is 0 Å². The van der Waals surface area contributed by atoms with Crippen molar-refractivity contribution in [3.05, 3.63) is 23.9 Å². The van der Waals surface area contributed by atoms with Gasteiger partial charge in [0.05, 0.1) is 26.4 Å². The van der Waals surface area contributed by atoms with Crippen LogP contribution in [0.15, 0.2) is 23.3 Å². The van der Waals surface area contributed by atoms with Crippen LogP contribution < -0.4 is 10.1 Å². The van der Waals surface area contributed by atoms with Crippen molar-refractivity contribution in [1.29, 1.82) is 0 Å². The highest BCUT2D eigenvalue weighted by Gasteiger charge is 2.25. The van der Waals surface area contributed by atoms with Crippen molar-refractivity contribution >= 4 is 5.96 Å². The number of ether oxygens (including phenoxy) is 3. The molecule has 1 aromatic rings. The van der Waals surface area contributed by atoms with Crippen molar-refractivity contribution < 1.29 is 14.2 Å². The van der Waals surface area contributed by atoms with Crippen LogP contribution in [0.4, 0.5) is 0 Å². The standard InChI is InChI=1S/C22H36N4O3/c1-3-23-22(26-12-10-18(16-26)17-28-14-13-27-2)25-15-19-7-6-11-24-21(19)29-20-8-4-5-9-20/h6-7,11,18,20H,3-5,8-10,12-17H2,1-2H3,(H,23,25). The normalized spacial score (nSPS) is 20.4. The minimum absolute atomic E-state index is 0.304. The van der Waals surface area contributed by atoms with E-state index < -0.39 is 0 Å². The Balaban J connectivity index is 1.57. The average molecular weight is 405 g/mol. The van der Waals surface area contributed by atoms with Crippen molar-refractivity contribution in [2.24, 2.45) is 10.9 Å². The molecule has 2 heterocycles. The Hall–Kier alpha value is -1.86. The predicted molar refractivity (Wildman–Crippen MR) is 114 cm³/mol. The van der Waals surface area contributed by atoms with E-state index in [0.717, 1.165) is 62.9 Å². The Morgan fingerprint density at radius 1 is 1.28 bits per heavy atom. The number of hydrogen-bond donors (Lipinski definition) is 1. The van der Waals surface area contributed by atoms with Crippen molar-refractivity contribution in [1.82, 2.24) is 15.2 Å². The van der Waals surface area contributed by atoms with Gasteiger partial charge in [0.1, 0.15) is 6.10 Å². The smallest absolute Gasteiger partial charge is 0.218 e. The molecule has 29 heavy (non-hydrogen) atoms. The summed E-state index contributed by atoms with van der Waals surface area (Å²) in [6, 6.07) is 4.03. The maximum atomic E-state index is 6.16. The molecule has 3 rings (SSSR count). The number of nitrogens with zero attached hydrogens (tertiary/aromatic N) is 3. The molecule has 2 aliphatic rings. The molecule has 0 amide bonds. The first-order valence-corrected chi connectivity index (χ1v) is 11.0. The van der Waals surface area contributed by atoms with E-state index in [0.29, 0.717) is 31.8 Å². The fourth-order valence-electron chi connectivity index (χ4n) is 3.95. The number of nitrogens with one attached hydrogen (secondary N) is 1. The van der Waals surface area contributed by atoms with E-state index in [2.05, 4.69) is 28.2 Å². The summed E-state index contributed by atoms with van der Waals surface area (Å²) in [6.07, 6.45) is 7.99. The molecule has 162 valence electrons. The number of aromatic nitrogens is 1. The first-order chi connectivity index (χ1) is 14.3. The Morgan fingerprint density at radius 2 is 2.14 bits per heavy atom. The highest BCUT2D eigenvalue weighted by molar-refractivity contribution is 5.80. The van der Waals surface area contributed by atoms with Crippen molar-refractivity contribution in [3.63, 3.8) is 0 Å². The fraction of sp³-hybridized carbons (Fsp3) is 0.727. The monoisotopic (exact) mass is 404 g/mol. The number of pyridine rings is 1. The lowest BCUT2D eigenvalue weighted by Crippen LogP contribution is -2.40. The minimum Gasteiger partial charge on any atom is -0.474 e. The summed E-state index contributed by atoms with van der Waals surface area (Å²) < 4.78 is 16.9. The highest BCUT2D eigenvalue weighted by atomic mass is 16.5. The van der Waals surface area contributed by atoms with E-state index >= 15 is 0 Å². The largest absolute Gasteiger partial charge is 0.474 e. The van der Waals surface area contributed by atoms with Crippen LogP contribution in [0, 0.1) is 5.92 Å². The van der Waals surface area contributed by atoms with Gasteiger partial charge in [-0.2, -0.15) is 0 Å². The lowest BCUT2D eigenvalue weighted by Gasteiger charge is -2.22. The second kappa shape index (κ2) is 12.0. The maximum absolute atomic E-state index is 6.16. The first-order valence-electron chi connectivity index (χ1n) is 11.0. The van der Waals surface area contributed by atoms with E-state index in [-0.39, 0.29) is 0 Å². The lowest BCUT2D eigenvalue weighted by atomic mass is 10.1. The Kier molecular flexibility index (Phi) is 9.02. The van der Waals surface area contributed by atoms with Gasteiger partial charge in [-0.3, -0.25) is 0 Å². The molecule has 0 aromatic carbocycles. The molecule has 1 N–H and O–H groups in total. The maximum Gasteiger partial charge on any atom is 0.218 e. The van der Waals surface area contributed by atoms with E-state index in [1.54, 1.807) is 13.3 Å². The van der Waals surface area contributed by atoms with Gasteiger partial charge in [-0.1, -0.05) is 6.07 Å². The van der Waals surface area contributed by atoms with Gasteiger partial charge in [0.2, 0.25) is 5.88 Å². The summed E-state index contributed by atoms with van der Waals surface area (Å²) in [5.41, 5.74) is 1.05. The zero-order valence-corrected chi connectivity index (χ0v) is 17.9. The van der Waals surface area contributed by atoms with Crippen LogP contribution in [0.1, 0.15) is 44.6 Å². The predicted octanol–water partition coefficient (Wildman–Crippen LogP) is 2.85. The van der Waals surface area contributed by atoms with Crippen molar-refractivity contribution in [2.45, 2.75) is 51.7 Å². The van der Waals surface area contributed by atoms with E-state index in [4.69, 9.17) is 19.2 Å². The van der Waals surface area contributed by atoms with Gasteiger partial charge in [0.25, 0.3) is 0 Å². The number of methoxy groups -OCH3 is 1. The summed E-state index contributed by atoms with van der Waals surface area (Å²) in [4.78, 5) is 11.7. The molecule has 1 aromatic heterocycles. The molecule has 1 saturated carbocycles. The molecule has 0 bridgehead atoms. The second-order valence-corrected chi connectivity index (χ2v) is 7.83. The summed E-state index contributed by atoms with van der Waals surface area (Å²) in [5.74, 6) is 2.24. The molecule has 1 aliphatic heterocycles. The molecule has 1 aliphatic carbocycles. The second-order valence-electron chi connectivity index (χ2n) is 7.83. The van der Waals surface area contributed by atoms with E-state index in [9.17, 15) is 0 Å². The molecule has 1 unspecified atom stereocenters. The fourth-order valence-corrected chi connectivity index (χ4v) is 3.95. The average Bonchev–Trinajstić information content (AvgIpc) is 3.42. The number of aliphatic imine (C=N–C) groups is 1. The molecule has 1 atom stereocenters. The molecule has 0 spiro atoms. The Bertz CT molecular complexity index is 634. The summed E-state index contributed by atoms with van der Waals surface area (Å²) in [7, 11) is 1.70. The topological polar surface area (TPSA) is 68.2 Å². The third-order valence-electron chi connectivity index (χ3n) is 5.54. The van der Waals surface area contributed by atoms with Crippen molar-refractivity contribution in [2.75, 3.05) is 46.6 Å². The summed E-state index contributed by atoms with van der Waals surface area (Å²) >= 11 is 0. The quantitative estimate of drug-likeness (QED) is 0.367. The van der Waals surface area contributed by atoms with Gasteiger partial charge in [-0.15, -0.1) is 0 Å². The number of likely N-dealkylation sites (tertiary alicyclic amines) is 1. The zero-order chi connectivity index (χ0) is 20.3. The van der Waals surface area contributed by atoms with Crippen LogP contribution in [0.5, 0.6) is 5.88 Å². The van der Waals surface area contributed by atoms with Gasteiger partial charge < -0.3 is 24.4 Å². The van der Waals surface area contributed by atoms with E-state index in [1.165, 1.54) is 12.8 Å². The van der Waals surface area contributed by atoms with Crippen LogP contribution in [0.3, 0.4) is 0 Å². The van der Waals surface area contributed by atoms with Gasteiger partial charge in [0.15, 0.2) is 5.96 Å². The van der Waals surface area contributed by atoms with Gasteiger partial charge in [0, 0.05) is 44.4 Å². The SMILES string of the molecule is CCNC(=NCc1cccnc1OC1CCCC1)N1CCC(COCCOC)C1. The number of hydrogen-bond acceptors (Lipinski definition) is 5. The van der Waals surface area contributed by atoms with Crippen molar-refractivity contribution in [3.8, 4) is 5.88 Å². The molecule has 7 heteroatoms. The molecular weight excluding hydrogens is 368 g/mol. The zero-order valence-electron chi connectivity index (χ0n) is 17.9. The van der Waals surface area contributed by atoms with Crippen LogP contribution in [0.25, 0.3) is 0 Å². The summed E-state index contributed by atoms with van der Waals surface area (Å²) in [6.45, 7) is 7.59. The third-order valence-corrected chi connectivity index (χ3v) is 5.54. The highest BCUT2D eigenvalue weighted by Crippen LogP contribution is 2.25. The van der Waals surface area contributed by atoms with Crippen LogP contribution in [-0.4, -0.2) is 68.5 Å². The van der Waals surface area contributed by atoms with Gasteiger partial charge in [-0.05, 0) is 45.1 Å². The minimum atomic E-state index is 0.304. The third kappa shape index (κ3) is 6.85. The molecular formula is C22H36N4O3. The van der Waals surface area contributed by atoms with Crippen LogP contribution in [0.2, 0.25) is 0 Å².